The quantitative estimate of drug-likeness (QED) is 0.250. The number of nitrogens with zero attached hydrogens (tertiary/aromatic N) is 9. The third kappa shape index (κ3) is 4.75. The molecule has 3 aliphatic rings. The summed E-state index contributed by atoms with van der Waals surface area (Å²) in [5.74, 6) is 0.486. The van der Waals surface area contributed by atoms with Crippen molar-refractivity contribution in [2.24, 2.45) is 0 Å². The number of rotatable bonds is 7. The predicted molar refractivity (Wildman–Crippen MR) is 150 cm³/mol. The Morgan fingerprint density at radius 2 is 1.82 bits per heavy atom. The van der Waals surface area contributed by atoms with Gasteiger partial charge in [-0.2, -0.15) is 13.2 Å². The summed E-state index contributed by atoms with van der Waals surface area (Å²) in [6, 6.07) is 3.76. The van der Waals surface area contributed by atoms with Gasteiger partial charge >= 0.3 is 12.2 Å². The molecule has 44 heavy (non-hydrogen) atoms. The number of hydrazine groups is 1. The number of ether oxygens (including phenoxy) is 1. The van der Waals surface area contributed by atoms with Crippen molar-refractivity contribution in [1.82, 2.24) is 34.5 Å². The molecule has 15 heteroatoms. The summed E-state index contributed by atoms with van der Waals surface area (Å²) < 4.78 is 62.8. The highest BCUT2D eigenvalue weighted by Gasteiger charge is 2.39. The molecule has 0 radical (unpaired) electrons. The molecule has 7 rings (SSSR count). The Labute approximate surface area is 249 Å². The third-order valence-electron chi connectivity index (χ3n) is 8.07. The van der Waals surface area contributed by atoms with Gasteiger partial charge in [0, 0.05) is 32.3 Å². The molecule has 228 valence electrons. The van der Waals surface area contributed by atoms with Crippen LogP contribution in [0.2, 0.25) is 0 Å². The molecule has 2 aliphatic carbocycles. The number of hydrogen-bond donors (Lipinski definition) is 0. The van der Waals surface area contributed by atoms with Crippen molar-refractivity contribution in [3.63, 3.8) is 0 Å². The number of aromatic nitrogens is 6. The van der Waals surface area contributed by atoms with Crippen molar-refractivity contribution in [3.05, 3.63) is 59.7 Å². The molecule has 11 nitrogen and oxygen atoms in total. The molecule has 1 aromatic carbocycles. The lowest BCUT2D eigenvalue weighted by molar-refractivity contribution is -0.140. The second-order valence-corrected chi connectivity index (χ2v) is 11.1. The van der Waals surface area contributed by atoms with E-state index in [1.807, 2.05) is 0 Å². The number of hydrogen-bond acceptors (Lipinski definition) is 8. The van der Waals surface area contributed by atoms with E-state index in [2.05, 4.69) is 19.9 Å². The lowest BCUT2D eigenvalue weighted by Crippen LogP contribution is -2.53. The van der Waals surface area contributed by atoms with Gasteiger partial charge in [0.1, 0.15) is 29.2 Å². The van der Waals surface area contributed by atoms with Crippen LogP contribution >= 0.6 is 0 Å². The summed E-state index contributed by atoms with van der Waals surface area (Å²) >= 11 is 0. The molecule has 0 atom stereocenters. The Balaban J connectivity index is 1.26. The first-order valence-corrected chi connectivity index (χ1v) is 14.0. The Morgan fingerprint density at radius 1 is 1.05 bits per heavy atom. The van der Waals surface area contributed by atoms with Crippen molar-refractivity contribution >= 4 is 17.5 Å². The molecule has 0 N–H and O–H groups in total. The SMILES string of the molecule is COc1ncnc(C2CC2)c1-c1ncc2c(n1)N(Cc1ccc(-c3nc(C(F)(F)F)cn3C3CC3)c(F)c1)N(C)C(=O)N2C. The van der Waals surface area contributed by atoms with Crippen LogP contribution in [-0.4, -0.2) is 61.7 Å². The monoisotopic (exact) mass is 609 g/mol. The number of benzene rings is 1. The maximum absolute atomic E-state index is 15.6. The van der Waals surface area contributed by atoms with Crippen molar-refractivity contribution in [3.8, 4) is 28.7 Å². The number of carbonyl (C=O) groups is 1. The Bertz CT molecular complexity index is 1790. The summed E-state index contributed by atoms with van der Waals surface area (Å²) in [6.07, 6.45) is 2.65. The average Bonchev–Trinajstić information content (AvgIpc) is 3.95. The minimum Gasteiger partial charge on any atom is -0.480 e. The van der Waals surface area contributed by atoms with Crippen LogP contribution in [0, 0.1) is 5.82 Å². The first-order valence-electron chi connectivity index (χ1n) is 14.0. The molecular formula is C29H27F4N9O2. The second-order valence-electron chi connectivity index (χ2n) is 11.1. The minimum absolute atomic E-state index is 0.0273. The highest BCUT2D eigenvalue weighted by molar-refractivity contribution is 5.98. The zero-order valence-corrected chi connectivity index (χ0v) is 24.0. The van der Waals surface area contributed by atoms with Crippen molar-refractivity contribution in [1.29, 1.82) is 0 Å². The molecule has 1 aliphatic heterocycles. The standard InChI is InChI=1S/C29H27F4N9O2/c1-39-20-11-34-24(22-23(16-5-6-16)35-14-36-27(22)44-3)38-26(20)42(40(2)28(39)43)12-15-4-9-18(19(30)10-15)25-37-21(29(31,32)33)13-41(25)17-7-8-17/h4,9-11,13-14,16-17H,5-8,12H2,1-3H3. The Kier molecular flexibility index (Phi) is 6.44. The van der Waals surface area contributed by atoms with Gasteiger partial charge in [0.25, 0.3) is 0 Å². The van der Waals surface area contributed by atoms with E-state index in [-0.39, 0.29) is 35.9 Å². The zero-order chi connectivity index (χ0) is 30.9. The highest BCUT2D eigenvalue weighted by Crippen LogP contribution is 2.46. The van der Waals surface area contributed by atoms with Crippen molar-refractivity contribution in [2.45, 2.75) is 50.4 Å². The second kappa shape index (κ2) is 10.1. The van der Waals surface area contributed by atoms with E-state index >= 15 is 4.39 Å². The van der Waals surface area contributed by atoms with Crippen molar-refractivity contribution in [2.75, 3.05) is 31.1 Å². The number of amides is 2. The lowest BCUT2D eigenvalue weighted by atomic mass is 10.1. The smallest absolute Gasteiger partial charge is 0.434 e. The zero-order valence-electron chi connectivity index (χ0n) is 24.0. The van der Waals surface area contributed by atoms with E-state index in [9.17, 15) is 18.0 Å². The van der Waals surface area contributed by atoms with E-state index in [0.717, 1.165) is 24.7 Å². The summed E-state index contributed by atoms with van der Waals surface area (Å²) in [5, 5.41) is 2.96. The fourth-order valence-corrected chi connectivity index (χ4v) is 5.45. The molecule has 0 spiro atoms. The van der Waals surface area contributed by atoms with E-state index in [4.69, 9.17) is 9.72 Å². The summed E-state index contributed by atoms with van der Waals surface area (Å²) in [6.45, 7) is 0.0273. The van der Waals surface area contributed by atoms with Crippen LogP contribution in [-0.2, 0) is 12.7 Å². The van der Waals surface area contributed by atoms with E-state index in [1.54, 1.807) is 25.2 Å². The van der Waals surface area contributed by atoms with Gasteiger partial charge in [-0.3, -0.25) is 9.91 Å². The maximum Gasteiger partial charge on any atom is 0.434 e. The molecule has 2 saturated carbocycles. The maximum atomic E-state index is 15.6. The number of anilines is 2. The number of carbonyl (C=O) groups excluding carboxylic acids is 1. The normalized spacial score (nSPS) is 16.9. The Morgan fingerprint density at radius 3 is 2.48 bits per heavy atom. The van der Waals surface area contributed by atoms with Crippen LogP contribution in [0.1, 0.15) is 54.6 Å². The highest BCUT2D eigenvalue weighted by atomic mass is 19.4. The van der Waals surface area contributed by atoms with Gasteiger partial charge in [0.2, 0.25) is 5.88 Å². The predicted octanol–water partition coefficient (Wildman–Crippen LogP) is 5.60. The first kappa shape index (κ1) is 28.0. The van der Waals surface area contributed by atoms with Crippen LogP contribution in [0.3, 0.4) is 0 Å². The molecule has 2 amide bonds. The van der Waals surface area contributed by atoms with Crippen LogP contribution in [0.25, 0.3) is 22.8 Å². The molecule has 4 aromatic rings. The number of alkyl halides is 3. The summed E-state index contributed by atoms with van der Waals surface area (Å²) in [4.78, 5) is 36.4. The number of urea groups is 1. The average molecular weight is 610 g/mol. The van der Waals surface area contributed by atoms with Gasteiger partial charge < -0.3 is 9.30 Å². The molecular weight excluding hydrogens is 582 g/mol. The fraction of sp³-hybridized carbons (Fsp3) is 0.379. The molecule has 0 bridgehead atoms. The minimum atomic E-state index is -4.65. The third-order valence-corrected chi connectivity index (χ3v) is 8.07. The van der Waals surface area contributed by atoms with Crippen LogP contribution in [0.15, 0.2) is 36.9 Å². The molecule has 0 unspecified atom stereocenters. The fourth-order valence-electron chi connectivity index (χ4n) is 5.45. The molecule has 0 saturated heterocycles. The van der Waals surface area contributed by atoms with Gasteiger partial charge in [0.05, 0.1) is 31.1 Å². The summed E-state index contributed by atoms with van der Waals surface area (Å²) in [5.41, 5.74) is 1.16. The van der Waals surface area contributed by atoms with Crippen LogP contribution < -0.4 is 14.6 Å². The van der Waals surface area contributed by atoms with Gasteiger partial charge in [-0.05, 0) is 43.4 Å². The van der Waals surface area contributed by atoms with Crippen molar-refractivity contribution < 1.29 is 27.1 Å². The number of fused-ring (bicyclic) bond motifs is 1. The van der Waals surface area contributed by atoms with E-state index < -0.39 is 17.7 Å². The largest absolute Gasteiger partial charge is 0.480 e. The first-order chi connectivity index (χ1) is 21.0. The Hall–Kier alpha value is -4.82. The van der Waals surface area contributed by atoms with E-state index in [0.29, 0.717) is 47.2 Å². The van der Waals surface area contributed by atoms with Crippen LogP contribution in [0.4, 0.5) is 33.9 Å². The number of halogens is 4. The topological polar surface area (TPSA) is 105 Å². The van der Waals surface area contributed by atoms with Gasteiger partial charge in [0.15, 0.2) is 17.3 Å². The van der Waals surface area contributed by atoms with Gasteiger partial charge in [-0.1, -0.05) is 6.07 Å². The molecule has 2 fully saturated rings. The van der Waals surface area contributed by atoms with E-state index in [1.165, 1.54) is 46.2 Å². The van der Waals surface area contributed by atoms with Gasteiger partial charge in [-0.25, -0.2) is 39.1 Å². The lowest BCUT2D eigenvalue weighted by Gasteiger charge is -2.41. The molecule has 3 aromatic heterocycles. The molecule has 4 heterocycles. The number of methoxy groups -OCH3 is 1. The summed E-state index contributed by atoms with van der Waals surface area (Å²) in [7, 11) is 4.68. The van der Waals surface area contributed by atoms with Gasteiger partial charge in [-0.15, -0.1) is 0 Å². The van der Waals surface area contributed by atoms with Crippen LogP contribution in [0.5, 0.6) is 5.88 Å². The number of imidazole rings is 1.